The summed E-state index contributed by atoms with van der Waals surface area (Å²) in [6, 6.07) is 6.38. The number of nitrogens with zero attached hydrogens (tertiary/aromatic N) is 1. The standard InChI is InChI=1S/C12H8ClFN2O2/c13-7-1-3-11(15-6-7)12(18)16-10-4-2-8(17)5-9(10)14/h1-6,17H,(H,16,18). The second-order valence-corrected chi connectivity index (χ2v) is 3.92. The number of amides is 1. The molecule has 4 nitrogen and oxygen atoms in total. The Labute approximate surface area is 107 Å². The monoisotopic (exact) mass is 266 g/mol. The van der Waals surface area contributed by atoms with Gasteiger partial charge in [0.15, 0.2) is 0 Å². The van der Waals surface area contributed by atoms with Crippen LogP contribution in [0.5, 0.6) is 5.75 Å². The van der Waals surface area contributed by atoms with Crippen molar-refractivity contribution < 1.29 is 14.3 Å². The van der Waals surface area contributed by atoms with Gasteiger partial charge < -0.3 is 10.4 Å². The van der Waals surface area contributed by atoms with Crippen molar-refractivity contribution in [2.45, 2.75) is 0 Å². The quantitative estimate of drug-likeness (QED) is 0.822. The van der Waals surface area contributed by atoms with Crippen molar-refractivity contribution in [1.82, 2.24) is 4.98 Å². The Balaban J connectivity index is 2.18. The van der Waals surface area contributed by atoms with E-state index in [4.69, 9.17) is 16.7 Å². The van der Waals surface area contributed by atoms with Crippen LogP contribution >= 0.6 is 11.6 Å². The summed E-state index contributed by atoms with van der Waals surface area (Å²) in [6.45, 7) is 0. The van der Waals surface area contributed by atoms with Gasteiger partial charge in [0.1, 0.15) is 17.3 Å². The number of aromatic hydroxyl groups is 1. The summed E-state index contributed by atoms with van der Waals surface area (Å²) in [7, 11) is 0. The zero-order valence-electron chi connectivity index (χ0n) is 9.02. The molecule has 0 aliphatic carbocycles. The predicted octanol–water partition coefficient (Wildman–Crippen LogP) is 2.83. The number of halogens is 2. The van der Waals surface area contributed by atoms with E-state index in [0.29, 0.717) is 5.02 Å². The SMILES string of the molecule is O=C(Nc1ccc(O)cc1F)c1ccc(Cl)cn1. The van der Waals surface area contributed by atoms with Crippen LogP contribution in [-0.4, -0.2) is 16.0 Å². The van der Waals surface area contributed by atoms with Gasteiger partial charge in [-0.05, 0) is 24.3 Å². The topological polar surface area (TPSA) is 62.2 Å². The maximum absolute atomic E-state index is 13.4. The third-order valence-electron chi connectivity index (χ3n) is 2.16. The second kappa shape index (κ2) is 5.01. The van der Waals surface area contributed by atoms with E-state index in [-0.39, 0.29) is 17.1 Å². The van der Waals surface area contributed by atoms with Crippen LogP contribution in [0.4, 0.5) is 10.1 Å². The zero-order chi connectivity index (χ0) is 13.1. The minimum Gasteiger partial charge on any atom is -0.508 e. The van der Waals surface area contributed by atoms with Gasteiger partial charge in [-0.3, -0.25) is 4.79 Å². The minimum absolute atomic E-state index is 0.0328. The number of phenolic OH excluding ortho intramolecular Hbond substituents is 1. The Bertz CT molecular complexity index is 587. The maximum Gasteiger partial charge on any atom is 0.274 e. The summed E-state index contributed by atoms with van der Waals surface area (Å²) >= 11 is 5.64. The molecule has 2 aromatic rings. The summed E-state index contributed by atoms with van der Waals surface area (Å²) in [5, 5.41) is 11.8. The lowest BCUT2D eigenvalue weighted by atomic mass is 10.2. The van der Waals surface area contributed by atoms with Crippen LogP contribution in [0.25, 0.3) is 0 Å². The smallest absolute Gasteiger partial charge is 0.274 e. The predicted molar refractivity (Wildman–Crippen MR) is 65.3 cm³/mol. The normalized spacial score (nSPS) is 10.1. The molecule has 1 aromatic carbocycles. The van der Waals surface area contributed by atoms with Crippen LogP contribution in [0.3, 0.4) is 0 Å². The maximum atomic E-state index is 13.4. The van der Waals surface area contributed by atoms with Gasteiger partial charge in [0, 0.05) is 12.3 Å². The van der Waals surface area contributed by atoms with Crippen molar-refractivity contribution in [3.05, 3.63) is 53.1 Å². The molecular weight excluding hydrogens is 259 g/mol. The first kappa shape index (κ1) is 12.3. The van der Waals surface area contributed by atoms with E-state index in [9.17, 15) is 9.18 Å². The van der Waals surface area contributed by atoms with Crippen molar-refractivity contribution >= 4 is 23.2 Å². The molecule has 0 aliphatic rings. The van der Waals surface area contributed by atoms with Crippen LogP contribution < -0.4 is 5.32 Å². The van der Waals surface area contributed by atoms with E-state index in [1.165, 1.54) is 30.5 Å². The fourth-order valence-electron chi connectivity index (χ4n) is 1.30. The van der Waals surface area contributed by atoms with Gasteiger partial charge in [0.2, 0.25) is 0 Å². The Kier molecular flexibility index (Phi) is 3.43. The zero-order valence-corrected chi connectivity index (χ0v) is 9.78. The number of benzene rings is 1. The Hall–Kier alpha value is -2.14. The van der Waals surface area contributed by atoms with Crippen LogP contribution in [0, 0.1) is 5.82 Å². The number of rotatable bonds is 2. The summed E-state index contributed by atoms with van der Waals surface area (Å²) in [4.78, 5) is 15.5. The minimum atomic E-state index is -0.725. The molecule has 1 heterocycles. The summed E-state index contributed by atoms with van der Waals surface area (Å²) in [6.07, 6.45) is 1.32. The molecule has 2 N–H and O–H groups in total. The Morgan fingerprint density at radius 3 is 2.72 bits per heavy atom. The van der Waals surface area contributed by atoms with E-state index in [0.717, 1.165) is 6.07 Å². The molecule has 1 aromatic heterocycles. The fourth-order valence-corrected chi connectivity index (χ4v) is 1.41. The van der Waals surface area contributed by atoms with Crippen molar-refractivity contribution in [2.75, 3.05) is 5.32 Å². The van der Waals surface area contributed by atoms with Crippen LogP contribution in [-0.2, 0) is 0 Å². The molecule has 0 saturated heterocycles. The molecule has 0 unspecified atom stereocenters. The third kappa shape index (κ3) is 2.75. The van der Waals surface area contributed by atoms with Gasteiger partial charge >= 0.3 is 0 Å². The van der Waals surface area contributed by atoms with Gasteiger partial charge in [-0.2, -0.15) is 0 Å². The highest BCUT2D eigenvalue weighted by Gasteiger charge is 2.10. The fraction of sp³-hybridized carbons (Fsp3) is 0. The van der Waals surface area contributed by atoms with Gasteiger partial charge in [-0.25, -0.2) is 9.37 Å². The molecule has 0 spiro atoms. The first-order valence-electron chi connectivity index (χ1n) is 4.97. The highest BCUT2D eigenvalue weighted by molar-refractivity contribution is 6.30. The summed E-state index contributed by atoms with van der Waals surface area (Å²) in [5.41, 5.74) is 0.0847. The van der Waals surface area contributed by atoms with E-state index in [1.54, 1.807) is 0 Å². The number of phenols is 1. The van der Waals surface area contributed by atoms with Gasteiger partial charge in [0.25, 0.3) is 5.91 Å². The molecule has 0 radical (unpaired) electrons. The van der Waals surface area contributed by atoms with Gasteiger partial charge in [-0.1, -0.05) is 11.6 Å². The van der Waals surface area contributed by atoms with Crippen molar-refractivity contribution in [1.29, 1.82) is 0 Å². The molecule has 0 saturated carbocycles. The summed E-state index contributed by atoms with van der Waals surface area (Å²) in [5.74, 6) is -1.50. The third-order valence-corrected chi connectivity index (χ3v) is 2.38. The largest absolute Gasteiger partial charge is 0.508 e. The molecule has 0 aliphatic heterocycles. The average molecular weight is 267 g/mol. The number of carbonyl (C=O) groups excluding carboxylic acids is 1. The number of anilines is 1. The lowest BCUT2D eigenvalue weighted by molar-refractivity contribution is 0.102. The highest BCUT2D eigenvalue weighted by atomic mass is 35.5. The van der Waals surface area contributed by atoms with Crippen molar-refractivity contribution in [2.24, 2.45) is 0 Å². The number of carbonyl (C=O) groups is 1. The van der Waals surface area contributed by atoms with Gasteiger partial charge in [0.05, 0.1) is 10.7 Å². The van der Waals surface area contributed by atoms with Crippen LogP contribution in [0.1, 0.15) is 10.5 Å². The van der Waals surface area contributed by atoms with Crippen LogP contribution in [0.2, 0.25) is 5.02 Å². The number of hydrogen-bond donors (Lipinski definition) is 2. The van der Waals surface area contributed by atoms with Gasteiger partial charge in [-0.15, -0.1) is 0 Å². The number of aromatic nitrogens is 1. The molecule has 0 bridgehead atoms. The lowest BCUT2D eigenvalue weighted by Crippen LogP contribution is -2.14. The Morgan fingerprint density at radius 1 is 1.33 bits per heavy atom. The first-order chi connectivity index (χ1) is 8.56. The Morgan fingerprint density at radius 2 is 2.11 bits per heavy atom. The average Bonchev–Trinajstić information content (AvgIpc) is 2.33. The second-order valence-electron chi connectivity index (χ2n) is 3.48. The number of pyridine rings is 1. The molecule has 18 heavy (non-hydrogen) atoms. The van der Waals surface area contributed by atoms with E-state index >= 15 is 0 Å². The summed E-state index contributed by atoms with van der Waals surface area (Å²) < 4.78 is 13.4. The molecule has 2 rings (SSSR count). The van der Waals surface area contributed by atoms with E-state index < -0.39 is 11.7 Å². The van der Waals surface area contributed by atoms with E-state index in [2.05, 4.69) is 10.3 Å². The molecule has 1 amide bonds. The highest BCUT2D eigenvalue weighted by Crippen LogP contribution is 2.20. The molecular formula is C12H8ClFN2O2. The number of nitrogens with one attached hydrogen (secondary N) is 1. The molecule has 0 fully saturated rings. The van der Waals surface area contributed by atoms with Crippen molar-refractivity contribution in [3.63, 3.8) is 0 Å². The number of hydrogen-bond acceptors (Lipinski definition) is 3. The van der Waals surface area contributed by atoms with Crippen LogP contribution in [0.15, 0.2) is 36.5 Å². The van der Waals surface area contributed by atoms with E-state index in [1.807, 2.05) is 0 Å². The van der Waals surface area contributed by atoms with Crippen molar-refractivity contribution in [3.8, 4) is 5.75 Å². The molecule has 0 atom stereocenters. The molecule has 6 heteroatoms. The lowest BCUT2D eigenvalue weighted by Gasteiger charge is -2.06. The first-order valence-corrected chi connectivity index (χ1v) is 5.35. The molecule has 92 valence electrons.